The Kier molecular flexibility index (Phi) is 4.86. The minimum absolute atomic E-state index is 0.182. The van der Waals surface area contributed by atoms with Crippen LogP contribution in [0, 0.1) is 10.5 Å². The topological polar surface area (TPSA) is 29.1 Å². The van der Waals surface area contributed by atoms with Crippen molar-refractivity contribution in [2.45, 2.75) is 6.92 Å². The Hall–Kier alpha value is -0.590. The second-order valence-corrected chi connectivity index (χ2v) is 6.57. The quantitative estimate of drug-likeness (QED) is 0.621. The van der Waals surface area contributed by atoms with E-state index in [0.717, 1.165) is 13.6 Å². The smallest absolute Gasteiger partial charge is 0.256 e. The van der Waals surface area contributed by atoms with Gasteiger partial charge in [-0.15, -0.1) is 0 Å². The number of hydrogen-bond acceptors (Lipinski definition) is 1. The molecular weight excluding hydrogens is 440 g/mol. The van der Waals surface area contributed by atoms with Crippen molar-refractivity contribution in [2.75, 3.05) is 5.32 Å². The average molecular weight is 451 g/mol. The van der Waals surface area contributed by atoms with E-state index in [9.17, 15) is 4.79 Å². The van der Waals surface area contributed by atoms with Gasteiger partial charge in [0.05, 0.1) is 16.3 Å². The fourth-order valence-electron chi connectivity index (χ4n) is 1.59. The number of amides is 1. The molecule has 2 nitrogen and oxygen atoms in total. The first-order valence-corrected chi connectivity index (χ1v) is 7.75. The van der Waals surface area contributed by atoms with Gasteiger partial charge >= 0.3 is 0 Å². The Morgan fingerprint density at radius 2 is 2.00 bits per heavy atom. The molecule has 98 valence electrons. The number of nitrogens with one attached hydrogen (secondary N) is 1. The van der Waals surface area contributed by atoms with E-state index in [1.807, 2.05) is 37.3 Å². The molecule has 19 heavy (non-hydrogen) atoms. The molecule has 0 saturated carbocycles. The molecule has 0 saturated heterocycles. The third-order valence-electron chi connectivity index (χ3n) is 2.55. The van der Waals surface area contributed by atoms with Gasteiger partial charge in [0.2, 0.25) is 0 Å². The number of carbonyl (C=O) groups is 1. The second kappa shape index (κ2) is 6.24. The lowest BCUT2D eigenvalue weighted by Gasteiger charge is -2.09. The van der Waals surface area contributed by atoms with Crippen LogP contribution in [0.15, 0.2) is 40.9 Å². The summed E-state index contributed by atoms with van der Waals surface area (Å²) in [4.78, 5) is 12.2. The molecule has 0 fully saturated rings. The zero-order valence-corrected chi connectivity index (χ0v) is 14.5. The molecule has 2 rings (SSSR count). The number of anilines is 1. The Bertz CT molecular complexity index is 645. The van der Waals surface area contributed by atoms with Crippen molar-refractivity contribution in [1.29, 1.82) is 0 Å². The van der Waals surface area contributed by atoms with Gasteiger partial charge in [-0.1, -0.05) is 23.2 Å². The van der Waals surface area contributed by atoms with Gasteiger partial charge in [0.25, 0.3) is 5.91 Å². The molecule has 2 aromatic rings. The van der Waals surface area contributed by atoms with E-state index in [4.69, 9.17) is 11.6 Å². The first kappa shape index (κ1) is 14.8. The molecule has 0 unspecified atom stereocenters. The van der Waals surface area contributed by atoms with Crippen LogP contribution in [-0.2, 0) is 0 Å². The van der Waals surface area contributed by atoms with Gasteiger partial charge in [-0.2, -0.15) is 0 Å². The van der Waals surface area contributed by atoms with Gasteiger partial charge in [0.1, 0.15) is 0 Å². The maximum Gasteiger partial charge on any atom is 0.256 e. The predicted octanol–water partition coefficient (Wildman–Crippen LogP) is 5.27. The number of aryl methyl sites for hydroxylation is 1. The lowest BCUT2D eigenvalue weighted by molar-refractivity contribution is 0.102. The first-order valence-electron chi connectivity index (χ1n) is 5.50. The van der Waals surface area contributed by atoms with E-state index in [1.165, 1.54) is 0 Å². The molecule has 0 aliphatic carbocycles. The minimum atomic E-state index is -0.182. The third kappa shape index (κ3) is 3.70. The number of benzene rings is 2. The zero-order valence-electron chi connectivity index (χ0n) is 10.0. The maximum absolute atomic E-state index is 12.2. The van der Waals surface area contributed by atoms with Gasteiger partial charge in [-0.25, -0.2) is 0 Å². The van der Waals surface area contributed by atoms with Crippen molar-refractivity contribution in [1.82, 2.24) is 0 Å². The van der Waals surface area contributed by atoms with Gasteiger partial charge in [0.15, 0.2) is 0 Å². The van der Waals surface area contributed by atoms with E-state index in [1.54, 1.807) is 6.07 Å². The molecule has 0 heterocycles. The molecule has 1 N–H and O–H groups in total. The molecule has 0 aliphatic rings. The van der Waals surface area contributed by atoms with E-state index < -0.39 is 0 Å². The number of hydrogen-bond donors (Lipinski definition) is 1. The average Bonchev–Trinajstić information content (AvgIpc) is 2.35. The summed E-state index contributed by atoms with van der Waals surface area (Å²) in [6.07, 6.45) is 0. The summed E-state index contributed by atoms with van der Waals surface area (Å²) in [5, 5.41) is 3.35. The normalized spacial score (nSPS) is 10.3. The van der Waals surface area contributed by atoms with Crippen LogP contribution in [0.25, 0.3) is 0 Å². The Labute approximate surface area is 138 Å². The van der Waals surface area contributed by atoms with E-state index >= 15 is 0 Å². The summed E-state index contributed by atoms with van der Waals surface area (Å²) in [5.74, 6) is -0.182. The van der Waals surface area contributed by atoms with E-state index in [-0.39, 0.29) is 5.91 Å². The van der Waals surface area contributed by atoms with Crippen LogP contribution in [0.3, 0.4) is 0 Å². The Morgan fingerprint density at radius 1 is 1.26 bits per heavy atom. The number of carbonyl (C=O) groups excluding carboxylic acids is 1. The van der Waals surface area contributed by atoms with Crippen molar-refractivity contribution >= 4 is 61.7 Å². The van der Waals surface area contributed by atoms with Crippen LogP contribution in [0.2, 0.25) is 5.02 Å². The number of rotatable bonds is 2. The van der Waals surface area contributed by atoms with Crippen LogP contribution in [0.1, 0.15) is 15.9 Å². The van der Waals surface area contributed by atoms with Crippen molar-refractivity contribution in [3.05, 3.63) is 60.6 Å². The van der Waals surface area contributed by atoms with Crippen LogP contribution >= 0.6 is 50.1 Å². The predicted molar refractivity (Wildman–Crippen MR) is 91.0 cm³/mol. The van der Waals surface area contributed by atoms with Crippen molar-refractivity contribution in [3.63, 3.8) is 0 Å². The SMILES string of the molecule is Cc1ccc(Br)c(C(=O)Nc2ccc(I)cc2Cl)c1. The van der Waals surface area contributed by atoms with E-state index in [0.29, 0.717) is 16.3 Å². The molecule has 0 aromatic heterocycles. The highest BCUT2D eigenvalue weighted by molar-refractivity contribution is 14.1. The summed E-state index contributed by atoms with van der Waals surface area (Å²) in [6.45, 7) is 1.95. The molecule has 2 aromatic carbocycles. The highest BCUT2D eigenvalue weighted by Gasteiger charge is 2.12. The molecule has 0 atom stereocenters. The fraction of sp³-hybridized carbons (Fsp3) is 0.0714. The second-order valence-electron chi connectivity index (χ2n) is 4.06. The summed E-state index contributed by atoms with van der Waals surface area (Å²) in [6, 6.07) is 11.1. The molecular formula is C14H10BrClINO. The summed E-state index contributed by atoms with van der Waals surface area (Å²) in [7, 11) is 0. The standard InChI is InChI=1S/C14H10BrClINO/c1-8-2-4-11(15)10(6-8)14(19)18-13-5-3-9(17)7-12(13)16/h2-7H,1H3,(H,18,19). The van der Waals surface area contributed by atoms with Crippen molar-refractivity contribution < 1.29 is 4.79 Å². The molecule has 0 spiro atoms. The summed E-state index contributed by atoms with van der Waals surface area (Å²) < 4.78 is 1.79. The first-order chi connectivity index (χ1) is 8.97. The van der Waals surface area contributed by atoms with Crippen LogP contribution in [0.4, 0.5) is 5.69 Å². The van der Waals surface area contributed by atoms with E-state index in [2.05, 4.69) is 43.8 Å². The largest absolute Gasteiger partial charge is 0.321 e. The summed E-state index contributed by atoms with van der Waals surface area (Å²) in [5.41, 5.74) is 2.23. The van der Waals surface area contributed by atoms with Crippen molar-refractivity contribution in [3.8, 4) is 0 Å². The monoisotopic (exact) mass is 449 g/mol. The van der Waals surface area contributed by atoms with Gasteiger partial charge < -0.3 is 5.32 Å². The highest BCUT2D eigenvalue weighted by atomic mass is 127. The molecule has 1 amide bonds. The maximum atomic E-state index is 12.2. The number of halogens is 3. The zero-order chi connectivity index (χ0) is 14.0. The molecule has 0 aliphatic heterocycles. The van der Waals surface area contributed by atoms with Crippen LogP contribution in [0.5, 0.6) is 0 Å². The summed E-state index contributed by atoms with van der Waals surface area (Å²) >= 11 is 11.7. The Balaban J connectivity index is 2.28. The Morgan fingerprint density at radius 3 is 2.68 bits per heavy atom. The lowest BCUT2D eigenvalue weighted by atomic mass is 10.1. The van der Waals surface area contributed by atoms with Gasteiger partial charge in [-0.05, 0) is 75.8 Å². The van der Waals surface area contributed by atoms with Gasteiger partial charge in [-0.3, -0.25) is 4.79 Å². The lowest BCUT2D eigenvalue weighted by Crippen LogP contribution is -2.13. The third-order valence-corrected chi connectivity index (χ3v) is 4.22. The van der Waals surface area contributed by atoms with Gasteiger partial charge in [0, 0.05) is 8.04 Å². The van der Waals surface area contributed by atoms with Crippen LogP contribution < -0.4 is 5.32 Å². The minimum Gasteiger partial charge on any atom is -0.321 e. The van der Waals surface area contributed by atoms with Crippen LogP contribution in [-0.4, -0.2) is 5.91 Å². The molecule has 0 bridgehead atoms. The highest BCUT2D eigenvalue weighted by Crippen LogP contribution is 2.25. The molecule has 5 heteroatoms. The fourth-order valence-corrected chi connectivity index (χ4v) is 2.92. The molecule has 0 radical (unpaired) electrons. The van der Waals surface area contributed by atoms with Crippen molar-refractivity contribution in [2.24, 2.45) is 0 Å².